The molecule has 2 saturated heterocycles. The Morgan fingerprint density at radius 3 is 2.16 bits per heavy atom. The third-order valence-corrected chi connectivity index (χ3v) is 6.64. The minimum Gasteiger partial charge on any atom is -0.378 e. The summed E-state index contributed by atoms with van der Waals surface area (Å²) in [6.07, 6.45) is -0.881. The van der Waals surface area contributed by atoms with Gasteiger partial charge in [-0.2, -0.15) is 0 Å². The van der Waals surface area contributed by atoms with E-state index >= 15 is 0 Å². The number of imide groups is 1. The summed E-state index contributed by atoms with van der Waals surface area (Å²) >= 11 is 3.47. The van der Waals surface area contributed by atoms with Crippen LogP contribution in [0.4, 0.5) is 17.1 Å². The summed E-state index contributed by atoms with van der Waals surface area (Å²) in [5.74, 6) is -1.26. The summed E-state index contributed by atoms with van der Waals surface area (Å²) in [4.78, 5) is 36.5. The van der Waals surface area contributed by atoms with Crippen LogP contribution in [-0.2, 0) is 14.4 Å². The summed E-state index contributed by atoms with van der Waals surface area (Å²) in [6, 6.07) is 24.4. The van der Waals surface area contributed by atoms with E-state index in [2.05, 4.69) is 15.9 Å². The number of benzene rings is 3. The maximum absolute atomic E-state index is 13.7. The summed E-state index contributed by atoms with van der Waals surface area (Å²) < 4.78 is 0.688. The third-order valence-electron chi connectivity index (χ3n) is 5.97. The Kier molecular flexibility index (Phi) is 5.23. The fraction of sp³-hybridized carbons (Fsp3) is 0.200. The van der Waals surface area contributed by atoms with E-state index in [1.807, 2.05) is 91.8 Å². The third kappa shape index (κ3) is 3.29. The van der Waals surface area contributed by atoms with Crippen molar-refractivity contribution in [2.45, 2.75) is 12.1 Å². The molecule has 6 nitrogen and oxygen atoms in total. The minimum atomic E-state index is -0.881. The first kappa shape index (κ1) is 20.7. The van der Waals surface area contributed by atoms with Crippen LogP contribution in [0.25, 0.3) is 0 Å². The molecule has 0 aromatic heterocycles. The second kappa shape index (κ2) is 8.07. The highest BCUT2D eigenvalue weighted by Gasteiger charge is 2.60. The summed E-state index contributed by atoms with van der Waals surface area (Å²) in [7, 11) is 3.96. The molecule has 3 aromatic carbocycles. The first-order chi connectivity index (χ1) is 15.5. The van der Waals surface area contributed by atoms with Crippen molar-refractivity contribution in [1.29, 1.82) is 0 Å². The van der Waals surface area contributed by atoms with Crippen molar-refractivity contribution in [3.05, 3.63) is 88.9 Å². The van der Waals surface area contributed by atoms with Crippen LogP contribution in [-0.4, -0.2) is 32.0 Å². The van der Waals surface area contributed by atoms with Gasteiger partial charge in [-0.3, -0.25) is 14.4 Å². The Balaban J connectivity index is 1.58. The number of halogens is 1. The molecule has 2 fully saturated rings. The molecule has 7 heteroatoms. The van der Waals surface area contributed by atoms with Crippen LogP contribution < -0.4 is 14.9 Å². The van der Waals surface area contributed by atoms with E-state index in [-0.39, 0.29) is 11.8 Å². The summed E-state index contributed by atoms with van der Waals surface area (Å²) in [5, 5.41) is 1.72. The molecule has 0 spiro atoms. The second-order valence-corrected chi connectivity index (χ2v) is 8.96. The Hall–Kier alpha value is -3.16. The monoisotopic (exact) mass is 491 g/mol. The van der Waals surface area contributed by atoms with E-state index in [1.54, 1.807) is 11.1 Å². The molecule has 2 aliphatic heterocycles. The fourth-order valence-electron chi connectivity index (χ4n) is 4.39. The van der Waals surface area contributed by atoms with Gasteiger partial charge in [-0.25, -0.2) is 9.96 Å². The van der Waals surface area contributed by atoms with Crippen LogP contribution in [0, 0.1) is 5.92 Å². The molecule has 2 heterocycles. The Bertz CT molecular complexity index is 1170. The van der Waals surface area contributed by atoms with Crippen molar-refractivity contribution in [2.75, 3.05) is 29.0 Å². The number of nitrogens with zero attached hydrogens (tertiary/aromatic N) is 3. The molecular weight excluding hydrogens is 470 g/mol. The highest BCUT2D eigenvalue weighted by atomic mass is 79.9. The van der Waals surface area contributed by atoms with Crippen LogP contribution in [0.15, 0.2) is 83.3 Å². The van der Waals surface area contributed by atoms with Gasteiger partial charge in [0.2, 0.25) is 5.91 Å². The molecule has 0 saturated carbocycles. The lowest BCUT2D eigenvalue weighted by atomic mass is 9.90. The van der Waals surface area contributed by atoms with E-state index in [0.717, 1.165) is 16.9 Å². The van der Waals surface area contributed by atoms with Crippen LogP contribution in [0.5, 0.6) is 0 Å². The summed E-state index contributed by atoms with van der Waals surface area (Å²) in [6.45, 7) is 0. The number of carbonyl (C=O) groups is 2. The number of hydrogen-bond acceptors (Lipinski definition) is 5. The standard InChI is InChI=1S/C25H22BrN3O3/c1-27(2)17-14-12-16(13-15-17)22-21-23(32-29(22)18-8-4-3-5-9-18)25(31)28(24(21)30)20-11-7-6-10-19(20)26/h3-15,21-23H,1-2H3/t21-,22+,23-/m0/s1. The van der Waals surface area contributed by atoms with E-state index in [9.17, 15) is 9.59 Å². The van der Waals surface area contributed by atoms with Crippen molar-refractivity contribution < 1.29 is 14.4 Å². The largest absolute Gasteiger partial charge is 0.378 e. The van der Waals surface area contributed by atoms with Crippen molar-refractivity contribution in [1.82, 2.24) is 0 Å². The van der Waals surface area contributed by atoms with Gasteiger partial charge in [0.1, 0.15) is 5.92 Å². The van der Waals surface area contributed by atoms with Crippen molar-refractivity contribution in [3.8, 4) is 0 Å². The number of carbonyl (C=O) groups excluding carboxylic acids is 2. The average Bonchev–Trinajstić information content (AvgIpc) is 3.31. The smallest absolute Gasteiger partial charge is 0.266 e. The summed E-state index contributed by atoms with van der Waals surface area (Å²) in [5.41, 5.74) is 3.31. The van der Waals surface area contributed by atoms with Gasteiger partial charge in [-0.05, 0) is 57.9 Å². The Labute approximate surface area is 195 Å². The molecule has 5 rings (SSSR count). The zero-order valence-corrected chi connectivity index (χ0v) is 19.3. The van der Waals surface area contributed by atoms with Crippen molar-refractivity contribution in [3.63, 3.8) is 0 Å². The molecule has 3 atom stereocenters. The molecule has 2 aliphatic rings. The second-order valence-electron chi connectivity index (χ2n) is 8.11. The number of hydroxylamine groups is 1. The number of anilines is 3. The first-order valence-corrected chi connectivity index (χ1v) is 11.2. The van der Waals surface area contributed by atoms with E-state index < -0.39 is 18.1 Å². The number of fused-ring (bicyclic) bond motifs is 1. The molecule has 2 amide bonds. The number of amides is 2. The molecule has 0 N–H and O–H groups in total. The lowest BCUT2D eigenvalue weighted by Crippen LogP contribution is -2.37. The van der Waals surface area contributed by atoms with Crippen LogP contribution in [0.1, 0.15) is 11.6 Å². The van der Waals surface area contributed by atoms with Crippen LogP contribution in [0.2, 0.25) is 0 Å². The fourth-order valence-corrected chi connectivity index (χ4v) is 4.85. The number of rotatable bonds is 4. The quantitative estimate of drug-likeness (QED) is 0.500. The maximum Gasteiger partial charge on any atom is 0.266 e. The van der Waals surface area contributed by atoms with Gasteiger partial charge >= 0.3 is 0 Å². The molecule has 0 aliphatic carbocycles. The normalized spacial score (nSPS) is 22.4. The van der Waals surface area contributed by atoms with E-state index in [4.69, 9.17) is 4.84 Å². The molecular formula is C25H22BrN3O3. The maximum atomic E-state index is 13.7. The van der Waals surface area contributed by atoms with Crippen LogP contribution >= 0.6 is 15.9 Å². The van der Waals surface area contributed by atoms with Gasteiger partial charge in [0.15, 0.2) is 6.10 Å². The predicted octanol–water partition coefficient (Wildman–Crippen LogP) is 4.57. The molecule has 32 heavy (non-hydrogen) atoms. The van der Waals surface area contributed by atoms with E-state index in [1.165, 1.54) is 4.90 Å². The van der Waals surface area contributed by atoms with Crippen LogP contribution in [0.3, 0.4) is 0 Å². The van der Waals surface area contributed by atoms with Gasteiger partial charge in [-0.1, -0.05) is 42.5 Å². The zero-order valence-electron chi connectivity index (χ0n) is 17.7. The van der Waals surface area contributed by atoms with E-state index in [0.29, 0.717) is 10.2 Å². The number of hydrogen-bond donors (Lipinski definition) is 0. The molecule has 0 bridgehead atoms. The average molecular weight is 492 g/mol. The topological polar surface area (TPSA) is 53.1 Å². The Morgan fingerprint density at radius 1 is 0.844 bits per heavy atom. The van der Waals surface area contributed by atoms with Gasteiger partial charge in [0.25, 0.3) is 5.91 Å². The Morgan fingerprint density at radius 2 is 1.50 bits per heavy atom. The molecule has 0 unspecified atom stereocenters. The predicted molar refractivity (Wildman–Crippen MR) is 127 cm³/mol. The SMILES string of the molecule is CN(C)c1ccc([C@@H]2[C@@H]3C(=O)N(c4ccccc4Br)C(=O)[C@H]3ON2c2ccccc2)cc1. The number of para-hydroxylation sites is 2. The van der Waals surface area contributed by atoms with Gasteiger partial charge in [0, 0.05) is 24.3 Å². The highest BCUT2D eigenvalue weighted by molar-refractivity contribution is 9.10. The lowest BCUT2D eigenvalue weighted by molar-refractivity contribution is -0.126. The highest BCUT2D eigenvalue weighted by Crippen LogP contribution is 2.48. The van der Waals surface area contributed by atoms with Gasteiger partial charge in [0.05, 0.1) is 17.4 Å². The molecule has 0 radical (unpaired) electrons. The molecule has 3 aromatic rings. The minimum absolute atomic E-state index is 0.257. The van der Waals surface area contributed by atoms with Gasteiger partial charge < -0.3 is 4.90 Å². The van der Waals surface area contributed by atoms with Crippen molar-refractivity contribution in [2.24, 2.45) is 5.92 Å². The van der Waals surface area contributed by atoms with Gasteiger partial charge in [-0.15, -0.1) is 0 Å². The first-order valence-electron chi connectivity index (χ1n) is 10.4. The van der Waals surface area contributed by atoms with Crippen molar-refractivity contribution >= 4 is 44.8 Å². The zero-order chi connectivity index (χ0) is 22.4. The molecule has 162 valence electrons. The lowest BCUT2D eigenvalue weighted by Gasteiger charge is -2.29.